The highest BCUT2D eigenvalue weighted by atomic mass is 35.5. The number of carbonyl (C=O) groups excluding carboxylic acids is 1. The standard InChI is InChI=1S/C12H11Cl2N3O/c1-2-17-10(3-4-16-17)12(18)7-5-8(13)11(15)9(14)6-7/h3-6H,2,15H2,1H3. The van der Waals surface area contributed by atoms with Gasteiger partial charge in [-0.25, -0.2) is 0 Å². The molecule has 0 aliphatic carbocycles. The number of hydrogen-bond acceptors (Lipinski definition) is 3. The van der Waals surface area contributed by atoms with Crippen LogP contribution in [0.5, 0.6) is 0 Å². The molecule has 0 atom stereocenters. The van der Waals surface area contributed by atoms with Crippen LogP contribution in [-0.2, 0) is 6.54 Å². The Hall–Kier alpha value is -1.52. The van der Waals surface area contributed by atoms with Crippen molar-refractivity contribution in [2.24, 2.45) is 0 Å². The second kappa shape index (κ2) is 5.00. The van der Waals surface area contributed by atoms with Gasteiger partial charge in [0.25, 0.3) is 0 Å². The Morgan fingerprint density at radius 3 is 2.56 bits per heavy atom. The van der Waals surface area contributed by atoms with Crippen LogP contribution in [0, 0.1) is 0 Å². The van der Waals surface area contributed by atoms with Crippen molar-refractivity contribution in [3.8, 4) is 0 Å². The number of hydrogen-bond donors (Lipinski definition) is 1. The van der Waals surface area contributed by atoms with Gasteiger partial charge in [0.2, 0.25) is 5.78 Å². The molecule has 2 rings (SSSR count). The molecule has 0 bridgehead atoms. The highest BCUT2D eigenvalue weighted by molar-refractivity contribution is 6.39. The van der Waals surface area contributed by atoms with E-state index in [1.54, 1.807) is 16.9 Å². The minimum absolute atomic E-state index is 0.182. The predicted octanol–water partition coefficient (Wildman–Crippen LogP) is 3.02. The Kier molecular flexibility index (Phi) is 3.59. The van der Waals surface area contributed by atoms with Crippen molar-refractivity contribution in [2.75, 3.05) is 5.73 Å². The average molecular weight is 284 g/mol. The molecule has 0 amide bonds. The van der Waals surface area contributed by atoms with E-state index in [9.17, 15) is 4.79 Å². The number of carbonyl (C=O) groups is 1. The monoisotopic (exact) mass is 283 g/mol. The quantitative estimate of drug-likeness (QED) is 0.696. The number of nitrogen functional groups attached to an aromatic ring is 1. The number of rotatable bonds is 3. The predicted molar refractivity (Wildman–Crippen MR) is 72.2 cm³/mol. The van der Waals surface area contributed by atoms with Gasteiger partial charge in [0.15, 0.2) is 0 Å². The summed E-state index contributed by atoms with van der Waals surface area (Å²) in [5, 5.41) is 4.59. The zero-order valence-corrected chi connectivity index (χ0v) is 11.2. The molecule has 0 fully saturated rings. The average Bonchev–Trinajstić information content (AvgIpc) is 2.82. The van der Waals surface area contributed by atoms with Crippen LogP contribution in [0.3, 0.4) is 0 Å². The summed E-state index contributed by atoms with van der Waals surface area (Å²) in [5.41, 5.74) is 6.80. The number of aromatic nitrogens is 2. The normalized spacial score (nSPS) is 10.6. The van der Waals surface area contributed by atoms with Crippen LogP contribution in [0.4, 0.5) is 5.69 Å². The number of halogens is 2. The minimum Gasteiger partial charge on any atom is -0.396 e. The van der Waals surface area contributed by atoms with Crippen LogP contribution >= 0.6 is 23.2 Å². The van der Waals surface area contributed by atoms with Gasteiger partial charge in [0.1, 0.15) is 5.69 Å². The first kappa shape index (κ1) is 12.9. The summed E-state index contributed by atoms with van der Waals surface area (Å²) in [6, 6.07) is 4.68. The molecule has 6 heteroatoms. The fraction of sp³-hybridized carbons (Fsp3) is 0.167. The number of anilines is 1. The summed E-state index contributed by atoms with van der Waals surface area (Å²) in [5.74, 6) is -0.182. The van der Waals surface area contributed by atoms with Crippen molar-refractivity contribution >= 4 is 34.7 Å². The molecule has 1 aromatic heterocycles. The van der Waals surface area contributed by atoms with Crippen LogP contribution in [0.1, 0.15) is 23.0 Å². The summed E-state index contributed by atoms with van der Waals surface area (Å²) in [7, 11) is 0. The van der Waals surface area contributed by atoms with Gasteiger partial charge >= 0.3 is 0 Å². The van der Waals surface area contributed by atoms with E-state index in [4.69, 9.17) is 28.9 Å². The maximum absolute atomic E-state index is 12.3. The van der Waals surface area contributed by atoms with Gasteiger partial charge in [-0.1, -0.05) is 23.2 Å². The first-order valence-corrected chi connectivity index (χ1v) is 6.11. The molecule has 2 aromatic rings. The molecule has 2 N–H and O–H groups in total. The molecular weight excluding hydrogens is 273 g/mol. The van der Waals surface area contributed by atoms with E-state index in [0.717, 1.165) is 0 Å². The molecule has 0 radical (unpaired) electrons. The molecule has 94 valence electrons. The van der Waals surface area contributed by atoms with Gasteiger partial charge in [-0.15, -0.1) is 0 Å². The van der Waals surface area contributed by atoms with Gasteiger partial charge in [0, 0.05) is 18.3 Å². The lowest BCUT2D eigenvalue weighted by molar-refractivity contribution is 0.102. The summed E-state index contributed by atoms with van der Waals surface area (Å²) in [6.07, 6.45) is 1.58. The maximum Gasteiger partial charge on any atom is 0.211 e. The molecule has 0 unspecified atom stereocenters. The third kappa shape index (κ3) is 2.21. The van der Waals surface area contributed by atoms with E-state index < -0.39 is 0 Å². The molecular formula is C12H11Cl2N3O. The fourth-order valence-corrected chi connectivity index (χ4v) is 2.13. The van der Waals surface area contributed by atoms with Crippen LogP contribution in [0.2, 0.25) is 10.0 Å². The summed E-state index contributed by atoms with van der Waals surface area (Å²) in [4.78, 5) is 12.3. The van der Waals surface area contributed by atoms with E-state index in [0.29, 0.717) is 17.8 Å². The lowest BCUT2D eigenvalue weighted by atomic mass is 10.1. The number of aryl methyl sites for hydroxylation is 1. The fourth-order valence-electron chi connectivity index (χ4n) is 1.64. The highest BCUT2D eigenvalue weighted by Gasteiger charge is 2.16. The third-order valence-corrected chi connectivity index (χ3v) is 3.22. The van der Waals surface area contributed by atoms with Crippen molar-refractivity contribution in [3.63, 3.8) is 0 Å². The van der Waals surface area contributed by atoms with E-state index in [1.807, 2.05) is 6.92 Å². The first-order valence-electron chi connectivity index (χ1n) is 5.35. The largest absolute Gasteiger partial charge is 0.396 e. The molecule has 0 aliphatic rings. The Morgan fingerprint density at radius 1 is 1.39 bits per heavy atom. The zero-order valence-electron chi connectivity index (χ0n) is 9.65. The van der Waals surface area contributed by atoms with E-state index >= 15 is 0 Å². The van der Waals surface area contributed by atoms with E-state index in [-0.39, 0.29) is 21.5 Å². The molecule has 1 aromatic carbocycles. The smallest absolute Gasteiger partial charge is 0.211 e. The summed E-state index contributed by atoms with van der Waals surface area (Å²) >= 11 is 11.8. The zero-order chi connectivity index (χ0) is 13.3. The lowest BCUT2D eigenvalue weighted by Crippen LogP contribution is -2.10. The Bertz CT molecular complexity index is 584. The lowest BCUT2D eigenvalue weighted by Gasteiger charge is -2.07. The Labute approximate surface area is 114 Å². The third-order valence-electron chi connectivity index (χ3n) is 2.59. The molecule has 0 saturated carbocycles. The van der Waals surface area contributed by atoms with Crippen LogP contribution in [0.25, 0.3) is 0 Å². The van der Waals surface area contributed by atoms with Crippen molar-refractivity contribution in [1.29, 1.82) is 0 Å². The molecule has 0 spiro atoms. The van der Waals surface area contributed by atoms with Crippen molar-refractivity contribution in [1.82, 2.24) is 9.78 Å². The van der Waals surface area contributed by atoms with Crippen LogP contribution < -0.4 is 5.73 Å². The van der Waals surface area contributed by atoms with Gasteiger partial charge < -0.3 is 5.73 Å². The number of nitrogens with zero attached hydrogens (tertiary/aromatic N) is 2. The number of ketones is 1. The molecule has 1 heterocycles. The number of benzene rings is 1. The highest BCUT2D eigenvalue weighted by Crippen LogP contribution is 2.29. The van der Waals surface area contributed by atoms with E-state index in [2.05, 4.69) is 5.10 Å². The van der Waals surface area contributed by atoms with Gasteiger partial charge in [0.05, 0.1) is 15.7 Å². The van der Waals surface area contributed by atoms with Gasteiger partial charge in [-0.3, -0.25) is 9.48 Å². The first-order chi connectivity index (χ1) is 8.54. The molecule has 4 nitrogen and oxygen atoms in total. The molecule has 18 heavy (non-hydrogen) atoms. The van der Waals surface area contributed by atoms with E-state index in [1.165, 1.54) is 12.1 Å². The number of nitrogens with two attached hydrogens (primary N) is 1. The summed E-state index contributed by atoms with van der Waals surface area (Å²) < 4.78 is 1.61. The minimum atomic E-state index is -0.182. The van der Waals surface area contributed by atoms with Gasteiger partial charge in [-0.05, 0) is 25.1 Å². The topological polar surface area (TPSA) is 60.9 Å². The van der Waals surface area contributed by atoms with Crippen molar-refractivity contribution < 1.29 is 4.79 Å². The summed E-state index contributed by atoms with van der Waals surface area (Å²) in [6.45, 7) is 2.53. The SMILES string of the molecule is CCn1nccc1C(=O)c1cc(Cl)c(N)c(Cl)c1. The second-order valence-electron chi connectivity index (χ2n) is 3.71. The molecule has 0 aliphatic heterocycles. The Morgan fingerprint density at radius 2 is 2.00 bits per heavy atom. The van der Waals surface area contributed by atoms with Crippen molar-refractivity contribution in [3.05, 3.63) is 45.7 Å². The van der Waals surface area contributed by atoms with Crippen LogP contribution in [-0.4, -0.2) is 15.6 Å². The van der Waals surface area contributed by atoms with Crippen molar-refractivity contribution in [2.45, 2.75) is 13.5 Å². The Balaban J connectivity index is 2.47. The maximum atomic E-state index is 12.3. The van der Waals surface area contributed by atoms with Crippen LogP contribution in [0.15, 0.2) is 24.4 Å². The second-order valence-corrected chi connectivity index (χ2v) is 4.53. The van der Waals surface area contributed by atoms with Gasteiger partial charge in [-0.2, -0.15) is 5.10 Å². The molecule has 0 saturated heterocycles.